The monoisotopic (exact) mass is 427 g/mol. The van der Waals surface area contributed by atoms with Crippen molar-refractivity contribution in [3.05, 3.63) is 58.5 Å². The van der Waals surface area contributed by atoms with E-state index in [0.29, 0.717) is 34.3 Å². The second-order valence-electron chi connectivity index (χ2n) is 6.43. The van der Waals surface area contributed by atoms with Gasteiger partial charge in [0.2, 0.25) is 0 Å². The van der Waals surface area contributed by atoms with Crippen LogP contribution in [0.3, 0.4) is 0 Å². The number of rotatable bonds is 8. The van der Waals surface area contributed by atoms with Gasteiger partial charge in [0.1, 0.15) is 0 Å². The Bertz CT molecular complexity index is 1020. The van der Waals surface area contributed by atoms with Gasteiger partial charge in [0.15, 0.2) is 11.5 Å². The highest BCUT2D eigenvalue weighted by atomic mass is 32.2. The van der Waals surface area contributed by atoms with Crippen LogP contribution in [0.4, 0.5) is 10.5 Å². The van der Waals surface area contributed by atoms with Gasteiger partial charge in [0, 0.05) is 0 Å². The quantitative estimate of drug-likeness (QED) is 0.621. The van der Waals surface area contributed by atoms with Gasteiger partial charge in [-0.25, -0.2) is 4.90 Å². The smallest absolute Gasteiger partial charge is 0.306 e. The van der Waals surface area contributed by atoms with Gasteiger partial charge in [-0.15, -0.1) is 0 Å². The van der Waals surface area contributed by atoms with Crippen molar-refractivity contribution >= 4 is 40.6 Å². The number of carboxylic acids is 1. The summed E-state index contributed by atoms with van der Waals surface area (Å²) >= 11 is 0.882. The summed E-state index contributed by atoms with van der Waals surface area (Å²) in [5.41, 5.74) is 2.07. The molecule has 7 nitrogen and oxygen atoms in total. The molecule has 1 aliphatic heterocycles. The van der Waals surface area contributed by atoms with E-state index in [4.69, 9.17) is 14.6 Å². The zero-order valence-corrected chi connectivity index (χ0v) is 17.4. The molecule has 0 unspecified atom stereocenters. The second-order valence-corrected chi connectivity index (χ2v) is 7.43. The molecule has 0 spiro atoms. The lowest BCUT2D eigenvalue weighted by Gasteiger charge is -2.14. The molecule has 1 fully saturated rings. The van der Waals surface area contributed by atoms with Crippen LogP contribution in [-0.4, -0.2) is 35.4 Å². The number of benzene rings is 2. The fraction of sp³-hybridized carbons (Fsp3) is 0.227. The van der Waals surface area contributed by atoms with Crippen molar-refractivity contribution < 1.29 is 29.0 Å². The van der Waals surface area contributed by atoms with Crippen LogP contribution in [0, 0.1) is 6.92 Å². The van der Waals surface area contributed by atoms with Crippen LogP contribution in [-0.2, 0) is 9.59 Å². The Morgan fingerprint density at radius 3 is 2.60 bits per heavy atom. The standard InChI is InChI=1S/C22H21NO6S/c1-3-28-18-12-15(8-9-17(18)29-11-10-20(24)25)13-19-21(26)23(22(27)30-19)16-7-5-4-6-14(16)2/h4-9,12-13H,3,10-11H2,1-2H3,(H,24,25)/b19-13+. The molecule has 2 amide bonds. The number of hydrogen-bond acceptors (Lipinski definition) is 6. The van der Waals surface area contributed by atoms with Crippen LogP contribution in [0.5, 0.6) is 11.5 Å². The number of nitrogens with zero attached hydrogens (tertiary/aromatic N) is 1. The summed E-state index contributed by atoms with van der Waals surface area (Å²) in [6.45, 7) is 4.08. The third kappa shape index (κ3) is 4.83. The highest BCUT2D eigenvalue weighted by Crippen LogP contribution is 2.38. The molecule has 1 heterocycles. The number of para-hydroxylation sites is 1. The molecule has 0 aromatic heterocycles. The third-order valence-electron chi connectivity index (χ3n) is 4.29. The minimum Gasteiger partial charge on any atom is -0.490 e. The molecule has 2 aromatic rings. The molecule has 1 N–H and O–H groups in total. The number of anilines is 1. The fourth-order valence-electron chi connectivity index (χ4n) is 2.89. The van der Waals surface area contributed by atoms with Crippen molar-refractivity contribution in [2.24, 2.45) is 0 Å². The Balaban J connectivity index is 1.84. The maximum atomic E-state index is 12.9. The maximum absolute atomic E-state index is 12.9. The Hall–Kier alpha value is -3.26. The highest BCUT2D eigenvalue weighted by molar-refractivity contribution is 8.19. The number of aryl methyl sites for hydroxylation is 1. The molecule has 30 heavy (non-hydrogen) atoms. The summed E-state index contributed by atoms with van der Waals surface area (Å²) in [7, 11) is 0. The van der Waals surface area contributed by atoms with Crippen molar-refractivity contribution in [3.63, 3.8) is 0 Å². The minimum absolute atomic E-state index is 0.0179. The number of carbonyl (C=O) groups is 3. The first-order valence-electron chi connectivity index (χ1n) is 9.35. The van der Waals surface area contributed by atoms with Crippen molar-refractivity contribution in [1.29, 1.82) is 0 Å². The molecule has 0 radical (unpaired) electrons. The van der Waals surface area contributed by atoms with Gasteiger partial charge in [-0.1, -0.05) is 24.3 Å². The van der Waals surface area contributed by atoms with Crippen LogP contribution >= 0.6 is 11.8 Å². The van der Waals surface area contributed by atoms with E-state index in [-0.39, 0.29) is 24.2 Å². The number of carbonyl (C=O) groups excluding carboxylic acids is 2. The first-order chi connectivity index (χ1) is 14.4. The molecule has 1 aliphatic rings. The van der Waals surface area contributed by atoms with Gasteiger partial charge in [-0.05, 0) is 61.0 Å². The first kappa shape index (κ1) is 21.4. The van der Waals surface area contributed by atoms with Gasteiger partial charge < -0.3 is 14.6 Å². The molecular weight excluding hydrogens is 406 g/mol. The van der Waals surface area contributed by atoms with Crippen LogP contribution in [0.2, 0.25) is 0 Å². The molecule has 2 aromatic carbocycles. The minimum atomic E-state index is -0.950. The first-order valence-corrected chi connectivity index (χ1v) is 10.2. The summed E-state index contributed by atoms with van der Waals surface area (Å²) in [6, 6.07) is 12.3. The van der Waals surface area contributed by atoms with E-state index in [1.165, 1.54) is 4.90 Å². The molecule has 3 rings (SSSR count). The maximum Gasteiger partial charge on any atom is 0.306 e. The SMILES string of the molecule is CCOc1cc(/C=C2/SC(=O)N(c3ccccc3C)C2=O)ccc1OCCC(=O)O. The Kier molecular flexibility index (Phi) is 6.79. The topological polar surface area (TPSA) is 93.1 Å². The molecule has 0 saturated carbocycles. The third-order valence-corrected chi connectivity index (χ3v) is 5.16. The van der Waals surface area contributed by atoms with Gasteiger partial charge in [0.05, 0.1) is 30.2 Å². The van der Waals surface area contributed by atoms with Crippen LogP contribution < -0.4 is 14.4 Å². The van der Waals surface area contributed by atoms with Crippen molar-refractivity contribution in [2.75, 3.05) is 18.1 Å². The van der Waals surface area contributed by atoms with E-state index in [1.807, 2.05) is 26.0 Å². The Morgan fingerprint density at radius 1 is 1.13 bits per heavy atom. The van der Waals surface area contributed by atoms with Crippen molar-refractivity contribution in [1.82, 2.24) is 0 Å². The van der Waals surface area contributed by atoms with Crippen LogP contribution in [0.1, 0.15) is 24.5 Å². The average molecular weight is 427 g/mol. The molecule has 0 bridgehead atoms. The van der Waals surface area contributed by atoms with Crippen molar-refractivity contribution in [3.8, 4) is 11.5 Å². The normalized spacial score (nSPS) is 15.0. The largest absolute Gasteiger partial charge is 0.490 e. The summed E-state index contributed by atoms with van der Waals surface area (Å²) in [5, 5.41) is 8.40. The molecule has 8 heteroatoms. The molecule has 156 valence electrons. The van der Waals surface area contributed by atoms with Gasteiger partial charge in [-0.2, -0.15) is 0 Å². The Morgan fingerprint density at radius 2 is 1.90 bits per heavy atom. The lowest BCUT2D eigenvalue weighted by Crippen LogP contribution is -2.28. The predicted octanol–water partition coefficient (Wildman–Crippen LogP) is 4.49. The number of amides is 2. The lowest BCUT2D eigenvalue weighted by atomic mass is 10.1. The number of hydrogen-bond donors (Lipinski definition) is 1. The van der Waals surface area contributed by atoms with E-state index in [9.17, 15) is 14.4 Å². The molecular formula is C22H21NO6S. The van der Waals surface area contributed by atoms with Crippen molar-refractivity contribution in [2.45, 2.75) is 20.3 Å². The average Bonchev–Trinajstić information content (AvgIpc) is 2.97. The van der Waals surface area contributed by atoms with E-state index < -0.39 is 5.97 Å². The zero-order valence-electron chi connectivity index (χ0n) is 16.6. The fourth-order valence-corrected chi connectivity index (χ4v) is 3.73. The van der Waals surface area contributed by atoms with Crippen LogP contribution in [0.15, 0.2) is 47.4 Å². The van der Waals surface area contributed by atoms with Crippen LogP contribution in [0.25, 0.3) is 6.08 Å². The Labute approximate surface area is 178 Å². The van der Waals surface area contributed by atoms with E-state index in [2.05, 4.69) is 0 Å². The summed E-state index contributed by atoms with van der Waals surface area (Å²) in [5.74, 6) is -0.467. The highest BCUT2D eigenvalue weighted by Gasteiger charge is 2.36. The van der Waals surface area contributed by atoms with Gasteiger partial charge in [-0.3, -0.25) is 14.4 Å². The van der Waals surface area contributed by atoms with E-state index in [1.54, 1.807) is 36.4 Å². The molecule has 0 atom stereocenters. The summed E-state index contributed by atoms with van der Waals surface area (Å²) < 4.78 is 11.1. The second kappa shape index (κ2) is 9.49. The molecule has 0 aliphatic carbocycles. The van der Waals surface area contributed by atoms with Gasteiger partial charge in [0.25, 0.3) is 11.1 Å². The number of thioether (sulfide) groups is 1. The number of imide groups is 1. The summed E-state index contributed by atoms with van der Waals surface area (Å²) in [4.78, 5) is 37.5. The zero-order chi connectivity index (χ0) is 21.7. The van der Waals surface area contributed by atoms with E-state index >= 15 is 0 Å². The number of aliphatic carboxylic acids is 1. The summed E-state index contributed by atoms with van der Waals surface area (Å²) in [6.07, 6.45) is 1.51. The number of ether oxygens (including phenoxy) is 2. The van der Waals surface area contributed by atoms with Gasteiger partial charge >= 0.3 is 5.97 Å². The lowest BCUT2D eigenvalue weighted by molar-refractivity contribution is -0.137. The number of carboxylic acid groups (broad SMARTS) is 1. The van der Waals surface area contributed by atoms with E-state index in [0.717, 1.165) is 17.3 Å². The predicted molar refractivity (Wildman–Crippen MR) is 115 cm³/mol. The molecule has 1 saturated heterocycles.